The van der Waals surface area contributed by atoms with E-state index in [9.17, 15) is 4.79 Å². The summed E-state index contributed by atoms with van der Waals surface area (Å²) in [6.45, 7) is 0. The summed E-state index contributed by atoms with van der Waals surface area (Å²) >= 11 is 0. The van der Waals surface area contributed by atoms with E-state index in [-0.39, 0.29) is 11.6 Å². The third-order valence-corrected chi connectivity index (χ3v) is 3.78. The minimum absolute atomic E-state index is 0.103. The lowest BCUT2D eigenvalue weighted by atomic mass is 9.98. The van der Waals surface area contributed by atoms with Gasteiger partial charge >= 0.3 is 0 Å². The van der Waals surface area contributed by atoms with Gasteiger partial charge in [0.1, 0.15) is 6.04 Å². The summed E-state index contributed by atoms with van der Waals surface area (Å²) in [6.07, 6.45) is 3.43. The van der Waals surface area contributed by atoms with Crippen LogP contribution in [0.2, 0.25) is 0 Å². The molecule has 1 aliphatic rings. The van der Waals surface area contributed by atoms with Crippen LogP contribution < -0.4 is 5.56 Å². The van der Waals surface area contributed by atoms with E-state index in [0.29, 0.717) is 5.82 Å². The molecule has 4 rings (SSSR count). The maximum absolute atomic E-state index is 11.5. The van der Waals surface area contributed by atoms with E-state index in [2.05, 4.69) is 28.2 Å². The zero-order valence-electron chi connectivity index (χ0n) is 11.8. The predicted octanol–water partition coefficient (Wildman–Crippen LogP) is 2.75. The first-order valence-electron chi connectivity index (χ1n) is 7.10. The van der Waals surface area contributed by atoms with Gasteiger partial charge in [-0.15, -0.1) is 0 Å². The van der Waals surface area contributed by atoms with E-state index in [4.69, 9.17) is 0 Å². The average Bonchev–Trinajstić information content (AvgIpc) is 2.72. The third kappa shape index (κ3) is 2.05. The van der Waals surface area contributed by atoms with E-state index in [1.54, 1.807) is 12.4 Å². The molecule has 4 heteroatoms. The van der Waals surface area contributed by atoms with Gasteiger partial charge in [-0.3, -0.25) is 14.4 Å². The van der Waals surface area contributed by atoms with Crippen molar-refractivity contribution in [2.45, 2.75) is 6.04 Å². The highest BCUT2D eigenvalue weighted by Crippen LogP contribution is 2.32. The number of aliphatic imine (C=N–C) groups is 1. The lowest BCUT2D eigenvalue weighted by Gasteiger charge is -2.16. The molecule has 0 N–H and O–H groups in total. The van der Waals surface area contributed by atoms with E-state index in [0.717, 1.165) is 16.8 Å². The maximum Gasteiger partial charge on any atom is 0.273 e. The second kappa shape index (κ2) is 5.07. The molecule has 1 aliphatic heterocycles. The van der Waals surface area contributed by atoms with Crippen molar-refractivity contribution in [3.63, 3.8) is 0 Å². The Morgan fingerprint density at radius 1 is 0.909 bits per heavy atom. The normalized spacial score (nSPS) is 15.7. The van der Waals surface area contributed by atoms with Gasteiger partial charge in [0.05, 0.1) is 11.9 Å². The van der Waals surface area contributed by atoms with Crippen molar-refractivity contribution in [2.24, 2.45) is 4.99 Å². The molecule has 0 amide bonds. The lowest BCUT2D eigenvalue weighted by molar-refractivity contribution is 0.867. The molecule has 0 saturated heterocycles. The number of para-hydroxylation sites is 1. The van der Waals surface area contributed by atoms with E-state index >= 15 is 0 Å². The minimum atomic E-state index is -0.256. The first kappa shape index (κ1) is 12.7. The van der Waals surface area contributed by atoms with E-state index < -0.39 is 0 Å². The lowest BCUT2D eigenvalue weighted by Crippen LogP contribution is -2.14. The fourth-order valence-electron chi connectivity index (χ4n) is 2.77. The van der Waals surface area contributed by atoms with Gasteiger partial charge in [-0.1, -0.05) is 48.5 Å². The van der Waals surface area contributed by atoms with Crippen LogP contribution in [-0.4, -0.2) is 15.8 Å². The fraction of sp³-hybridized carbons (Fsp3) is 0.0556. The highest BCUT2D eigenvalue weighted by molar-refractivity contribution is 5.78. The molecule has 1 unspecified atom stereocenters. The molecule has 0 radical (unpaired) electrons. The summed E-state index contributed by atoms with van der Waals surface area (Å²) in [7, 11) is 0. The van der Waals surface area contributed by atoms with Crippen LogP contribution in [0.1, 0.15) is 23.0 Å². The van der Waals surface area contributed by atoms with Crippen molar-refractivity contribution in [3.8, 4) is 5.69 Å². The Balaban J connectivity index is 1.99. The fourth-order valence-corrected chi connectivity index (χ4v) is 2.77. The summed E-state index contributed by atoms with van der Waals surface area (Å²) in [5.74, 6) is 0.554. The van der Waals surface area contributed by atoms with Crippen LogP contribution in [0.3, 0.4) is 0 Å². The van der Waals surface area contributed by atoms with Gasteiger partial charge in [-0.05, 0) is 11.6 Å². The zero-order chi connectivity index (χ0) is 14.9. The van der Waals surface area contributed by atoms with Crippen molar-refractivity contribution in [3.05, 3.63) is 94.2 Å². The smallest absolute Gasteiger partial charge is 0.273 e. The molecule has 0 spiro atoms. The van der Waals surface area contributed by atoms with Gasteiger partial charge in [0, 0.05) is 17.8 Å². The highest BCUT2D eigenvalue weighted by atomic mass is 16.1. The molecule has 22 heavy (non-hydrogen) atoms. The van der Waals surface area contributed by atoms with Gasteiger partial charge in [-0.25, -0.2) is 0 Å². The molecule has 0 saturated carbocycles. The second-order valence-corrected chi connectivity index (χ2v) is 5.14. The molecule has 106 valence electrons. The maximum atomic E-state index is 11.5. The van der Waals surface area contributed by atoms with E-state index in [1.807, 2.05) is 41.0 Å². The SMILES string of the molecule is O=c1ccn2c(n1)C=NC(c1ccccc1)c1ccccc1-2. The monoisotopic (exact) mass is 287 g/mol. The molecular formula is C18H13N3O. The third-order valence-electron chi connectivity index (χ3n) is 3.78. The van der Waals surface area contributed by atoms with Crippen LogP contribution in [0.25, 0.3) is 5.69 Å². The molecule has 0 fully saturated rings. The summed E-state index contributed by atoms with van der Waals surface area (Å²) in [5.41, 5.74) is 2.95. The quantitative estimate of drug-likeness (QED) is 0.691. The van der Waals surface area contributed by atoms with Crippen LogP contribution in [0, 0.1) is 0 Å². The van der Waals surface area contributed by atoms with Gasteiger partial charge in [0.2, 0.25) is 0 Å². The van der Waals surface area contributed by atoms with Crippen LogP contribution in [-0.2, 0) is 0 Å². The van der Waals surface area contributed by atoms with Crippen LogP contribution in [0.15, 0.2) is 76.6 Å². The summed E-state index contributed by atoms with van der Waals surface area (Å²) in [4.78, 5) is 20.3. The van der Waals surface area contributed by atoms with Crippen molar-refractivity contribution in [2.75, 3.05) is 0 Å². The Hall–Kier alpha value is -3.01. The van der Waals surface area contributed by atoms with Crippen LogP contribution >= 0.6 is 0 Å². The Morgan fingerprint density at radius 2 is 1.68 bits per heavy atom. The van der Waals surface area contributed by atoms with Crippen molar-refractivity contribution < 1.29 is 0 Å². The Labute approximate surface area is 127 Å². The zero-order valence-corrected chi connectivity index (χ0v) is 11.8. The van der Waals surface area contributed by atoms with Gasteiger partial charge in [0.25, 0.3) is 5.56 Å². The standard InChI is InChI=1S/C18H13N3O/c22-17-10-11-21-15-9-5-4-8-14(15)18(19-12-16(21)20-17)13-6-2-1-3-7-13/h1-12,18H. The van der Waals surface area contributed by atoms with Gasteiger partial charge in [-0.2, -0.15) is 4.98 Å². The predicted molar refractivity (Wildman–Crippen MR) is 85.7 cm³/mol. The summed E-state index contributed by atoms with van der Waals surface area (Å²) in [5, 5.41) is 0. The minimum Gasteiger partial charge on any atom is -0.300 e. The summed E-state index contributed by atoms with van der Waals surface area (Å²) < 4.78 is 1.91. The number of fused-ring (bicyclic) bond motifs is 3. The largest absolute Gasteiger partial charge is 0.300 e. The molecule has 0 aliphatic carbocycles. The molecule has 2 heterocycles. The van der Waals surface area contributed by atoms with Crippen molar-refractivity contribution in [1.29, 1.82) is 0 Å². The average molecular weight is 287 g/mol. The van der Waals surface area contributed by atoms with Gasteiger partial charge in [0.15, 0.2) is 5.82 Å². The number of rotatable bonds is 1. The second-order valence-electron chi connectivity index (χ2n) is 5.14. The van der Waals surface area contributed by atoms with Gasteiger partial charge < -0.3 is 0 Å². The molecule has 0 bridgehead atoms. The Morgan fingerprint density at radius 3 is 2.55 bits per heavy atom. The molecular weight excluding hydrogens is 274 g/mol. The molecule has 2 aromatic carbocycles. The van der Waals surface area contributed by atoms with Crippen LogP contribution in [0.4, 0.5) is 0 Å². The number of benzene rings is 2. The Bertz CT molecular complexity index is 913. The first-order valence-corrected chi connectivity index (χ1v) is 7.10. The molecule has 4 nitrogen and oxygen atoms in total. The number of hydrogen-bond acceptors (Lipinski definition) is 3. The molecule has 1 aromatic heterocycles. The van der Waals surface area contributed by atoms with Crippen molar-refractivity contribution in [1.82, 2.24) is 9.55 Å². The van der Waals surface area contributed by atoms with Crippen molar-refractivity contribution >= 4 is 6.21 Å². The Kier molecular flexibility index (Phi) is 2.93. The van der Waals surface area contributed by atoms with Crippen LogP contribution in [0.5, 0.6) is 0 Å². The molecule has 1 atom stereocenters. The van der Waals surface area contributed by atoms with E-state index in [1.165, 1.54) is 6.07 Å². The summed E-state index contributed by atoms with van der Waals surface area (Å²) in [6, 6.07) is 19.6. The number of hydrogen-bond donors (Lipinski definition) is 0. The number of aromatic nitrogens is 2. The highest BCUT2D eigenvalue weighted by Gasteiger charge is 2.20. The molecule has 3 aromatic rings. The first-order chi connectivity index (χ1) is 10.8. The number of nitrogens with zero attached hydrogens (tertiary/aromatic N) is 3. The topological polar surface area (TPSA) is 47.2 Å².